The fourth-order valence-electron chi connectivity index (χ4n) is 6.70. The predicted octanol–water partition coefficient (Wildman–Crippen LogP) is 1.67. The van der Waals surface area contributed by atoms with Gasteiger partial charge in [-0.3, -0.25) is 24.1 Å². The van der Waals surface area contributed by atoms with Gasteiger partial charge in [0.05, 0.1) is 11.6 Å². The van der Waals surface area contributed by atoms with Crippen LogP contribution in [0.15, 0.2) is 53.0 Å². The van der Waals surface area contributed by atoms with Gasteiger partial charge in [0, 0.05) is 42.4 Å². The van der Waals surface area contributed by atoms with Crippen LogP contribution in [0, 0.1) is 11.8 Å². The third-order valence-electron chi connectivity index (χ3n) is 8.51. The van der Waals surface area contributed by atoms with E-state index in [4.69, 9.17) is 5.73 Å². The maximum atomic E-state index is 14.1. The first-order valence-electron chi connectivity index (χ1n) is 13.0. The molecular weight excluding hydrogens is 530 g/mol. The molecule has 0 radical (unpaired) electrons. The summed E-state index contributed by atoms with van der Waals surface area (Å²) in [5.41, 5.74) is 3.77. The summed E-state index contributed by atoms with van der Waals surface area (Å²) in [6.45, 7) is 0. The first-order valence-corrected chi connectivity index (χ1v) is 13.0. The van der Waals surface area contributed by atoms with Crippen molar-refractivity contribution in [3.63, 3.8) is 0 Å². The van der Waals surface area contributed by atoms with Crippen LogP contribution >= 0.6 is 0 Å². The number of aliphatic hydroxyl groups is 3. The van der Waals surface area contributed by atoms with Crippen LogP contribution in [0.1, 0.15) is 32.7 Å². The lowest BCUT2D eigenvalue weighted by Crippen LogP contribution is -2.63. The van der Waals surface area contributed by atoms with Gasteiger partial charge < -0.3 is 31.1 Å². The molecule has 0 unspecified atom stereocenters. The number of nitrogens with two attached hydrogens (primary N) is 1. The molecule has 2 aromatic rings. The van der Waals surface area contributed by atoms with Crippen molar-refractivity contribution in [2.24, 2.45) is 17.6 Å². The predicted molar refractivity (Wildman–Crippen MR) is 149 cm³/mol. The number of allylic oxidation sites excluding steroid dienone is 1. The number of primary amides is 1. The Morgan fingerprint density at radius 3 is 2.37 bits per heavy atom. The van der Waals surface area contributed by atoms with E-state index >= 15 is 0 Å². The number of likely N-dealkylation sites (N-methyl/N-ethyl adjacent to an activating group) is 1. The summed E-state index contributed by atoms with van der Waals surface area (Å²) in [6.07, 6.45) is 0.838. The van der Waals surface area contributed by atoms with Crippen LogP contribution in [-0.2, 0) is 16.0 Å². The summed E-state index contributed by atoms with van der Waals surface area (Å²) in [5.74, 6) is -7.02. The number of fused-ring (bicyclic) bond motifs is 3. The number of phenols is 1. The van der Waals surface area contributed by atoms with E-state index in [-0.39, 0.29) is 35.3 Å². The van der Waals surface area contributed by atoms with Crippen LogP contribution in [0.3, 0.4) is 0 Å². The summed E-state index contributed by atoms with van der Waals surface area (Å²) >= 11 is 0. The molecule has 3 aliphatic rings. The Bertz CT molecular complexity index is 1600. The molecule has 1 amide bonds. The maximum Gasteiger partial charge on any atom is 0.255 e. The molecular formula is C30H31N3O8. The second-order valence-electron chi connectivity index (χ2n) is 11.2. The first kappa shape index (κ1) is 28.1. The number of aldehydes is 1. The zero-order valence-electron chi connectivity index (χ0n) is 23.0. The highest BCUT2D eigenvalue weighted by Gasteiger charge is 2.63. The van der Waals surface area contributed by atoms with Gasteiger partial charge >= 0.3 is 0 Å². The molecule has 11 heteroatoms. The van der Waals surface area contributed by atoms with Gasteiger partial charge in [-0.2, -0.15) is 0 Å². The number of ketones is 2. The largest absolute Gasteiger partial charge is 0.510 e. The molecule has 0 heterocycles. The van der Waals surface area contributed by atoms with E-state index in [0.29, 0.717) is 28.7 Å². The van der Waals surface area contributed by atoms with E-state index in [1.165, 1.54) is 4.90 Å². The fourth-order valence-corrected chi connectivity index (χ4v) is 6.70. The standard InChI is InChI=1S/C30H31N3O8/c1-32(2)19-11-16(14-7-5-6-13(8-14)12-34)24(35)21-17(19)9-15-10-18-23(33(3)4)26(37)22(29(31)40)28(39)30(18,41)27(38)20(15)25(21)36/h5-8,11-12,15,18,23,35,37-38,41H,9-10H2,1-4H3,(H2,31,40)/t15-,18-,23+,30-/m1/s1. The number of aromatic hydroxyl groups is 1. The van der Waals surface area contributed by atoms with Gasteiger partial charge in [0.2, 0.25) is 5.78 Å². The maximum absolute atomic E-state index is 14.1. The molecule has 0 fully saturated rings. The molecule has 0 spiro atoms. The zero-order valence-corrected chi connectivity index (χ0v) is 23.0. The highest BCUT2D eigenvalue weighted by Crippen LogP contribution is 2.54. The van der Waals surface area contributed by atoms with Crippen molar-refractivity contribution < 1.29 is 39.6 Å². The minimum absolute atomic E-state index is 0.00250. The number of nitrogens with zero attached hydrogens (tertiary/aromatic N) is 2. The second kappa shape index (κ2) is 9.57. The average Bonchev–Trinajstić information content (AvgIpc) is 2.90. The number of phenolic OH excluding ortho intramolecular Hbond substituents is 1. The number of hydrogen-bond acceptors (Lipinski definition) is 10. The third kappa shape index (κ3) is 3.87. The van der Waals surface area contributed by atoms with Crippen LogP contribution in [-0.4, -0.2) is 88.9 Å². The van der Waals surface area contributed by atoms with Gasteiger partial charge in [-0.15, -0.1) is 0 Å². The molecule has 0 saturated heterocycles. The molecule has 4 atom stereocenters. The van der Waals surface area contributed by atoms with Crippen LogP contribution in [0.5, 0.6) is 5.75 Å². The van der Waals surface area contributed by atoms with Crippen LogP contribution in [0.2, 0.25) is 0 Å². The van der Waals surface area contributed by atoms with Gasteiger partial charge in [-0.25, -0.2) is 0 Å². The lowest BCUT2D eigenvalue weighted by molar-refractivity contribution is -0.148. The Hall–Kier alpha value is -4.48. The van der Waals surface area contributed by atoms with Gasteiger partial charge in [0.1, 0.15) is 29.1 Å². The fraction of sp³-hybridized carbons (Fsp3) is 0.333. The number of Topliss-reactive ketones (excluding diaryl/α,β-unsaturated/α-hetero) is 2. The first-order chi connectivity index (χ1) is 19.2. The van der Waals surface area contributed by atoms with E-state index in [9.17, 15) is 39.6 Å². The Labute approximate surface area is 235 Å². The summed E-state index contributed by atoms with van der Waals surface area (Å²) < 4.78 is 0. The van der Waals surface area contributed by atoms with Gasteiger partial charge in [0.15, 0.2) is 11.4 Å². The molecule has 0 aromatic heterocycles. The van der Waals surface area contributed by atoms with E-state index in [0.717, 1.165) is 0 Å². The van der Waals surface area contributed by atoms with E-state index in [1.54, 1.807) is 63.4 Å². The average molecular weight is 562 g/mol. The quantitative estimate of drug-likeness (QED) is 0.266. The normalized spacial score (nSPS) is 25.6. The minimum Gasteiger partial charge on any atom is -0.510 e. The third-order valence-corrected chi connectivity index (χ3v) is 8.51. The Kier molecular flexibility index (Phi) is 6.55. The van der Waals surface area contributed by atoms with Gasteiger partial charge in [0.25, 0.3) is 5.91 Å². The Morgan fingerprint density at radius 2 is 1.78 bits per heavy atom. The zero-order chi connectivity index (χ0) is 30.1. The van der Waals surface area contributed by atoms with Crippen LogP contribution in [0.25, 0.3) is 11.1 Å². The van der Waals surface area contributed by atoms with Crippen molar-refractivity contribution in [3.8, 4) is 16.9 Å². The van der Waals surface area contributed by atoms with E-state index in [2.05, 4.69) is 0 Å². The molecule has 0 bridgehead atoms. The summed E-state index contributed by atoms with van der Waals surface area (Å²) in [7, 11) is 6.72. The number of benzene rings is 2. The van der Waals surface area contributed by atoms with Crippen molar-refractivity contribution >= 4 is 29.4 Å². The number of amides is 1. The smallest absolute Gasteiger partial charge is 0.255 e. The molecule has 214 valence electrons. The number of carbonyl (C=O) groups excluding carboxylic acids is 4. The summed E-state index contributed by atoms with van der Waals surface area (Å²) in [6, 6.07) is 7.16. The highest BCUT2D eigenvalue weighted by atomic mass is 16.3. The molecule has 11 nitrogen and oxygen atoms in total. The number of carbonyl (C=O) groups is 4. The lowest BCUT2D eigenvalue weighted by atomic mass is 9.58. The lowest BCUT2D eigenvalue weighted by Gasteiger charge is -2.50. The van der Waals surface area contributed by atoms with Crippen molar-refractivity contribution in [2.75, 3.05) is 33.1 Å². The van der Waals surface area contributed by atoms with Crippen molar-refractivity contribution in [1.29, 1.82) is 0 Å². The van der Waals surface area contributed by atoms with Crippen molar-refractivity contribution in [3.05, 3.63) is 69.7 Å². The summed E-state index contributed by atoms with van der Waals surface area (Å²) in [4.78, 5) is 54.5. The number of anilines is 1. The highest BCUT2D eigenvalue weighted by molar-refractivity contribution is 6.25. The summed E-state index contributed by atoms with van der Waals surface area (Å²) in [5, 5.41) is 45.7. The molecule has 3 aliphatic carbocycles. The molecule has 5 rings (SSSR count). The molecule has 41 heavy (non-hydrogen) atoms. The van der Waals surface area contributed by atoms with Gasteiger partial charge in [-0.05, 0) is 56.1 Å². The SMILES string of the molecule is CN(C)c1cc(-c2cccc(C=O)c2)c(O)c2c1C[C@@H]1C[C@@H]3[C@H](N(C)C)C(O)=C(C(N)=O)C(=O)[C@]3(O)C(O)=C1C2=O. The Morgan fingerprint density at radius 1 is 1.10 bits per heavy atom. The monoisotopic (exact) mass is 561 g/mol. The second-order valence-corrected chi connectivity index (χ2v) is 11.2. The van der Waals surface area contributed by atoms with Crippen LogP contribution in [0.4, 0.5) is 5.69 Å². The van der Waals surface area contributed by atoms with E-state index in [1.807, 2.05) is 0 Å². The van der Waals surface area contributed by atoms with Gasteiger partial charge in [-0.1, -0.05) is 18.2 Å². The topological polar surface area (TPSA) is 182 Å². The van der Waals surface area contributed by atoms with Crippen molar-refractivity contribution in [2.45, 2.75) is 24.5 Å². The van der Waals surface area contributed by atoms with Crippen LogP contribution < -0.4 is 10.6 Å². The number of rotatable bonds is 5. The molecule has 0 saturated carbocycles. The Balaban J connectivity index is 1.76. The van der Waals surface area contributed by atoms with Crippen molar-refractivity contribution in [1.82, 2.24) is 4.90 Å². The minimum atomic E-state index is -2.71. The number of aliphatic hydroxyl groups excluding tert-OH is 2. The molecule has 0 aliphatic heterocycles. The van der Waals surface area contributed by atoms with E-state index < -0.39 is 58.0 Å². The molecule has 2 aromatic carbocycles. The number of hydrogen-bond donors (Lipinski definition) is 5. The molecule has 6 N–H and O–H groups in total.